The fraction of sp³-hybridized carbons (Fsp3) is 0.610. The Morgan fingerprint density at radius 2 is 1.49 bits per heavy atom. The standard InChI is InChI=1S/C24H29N3O5S.C9H18N2O3.4C2H6/c1-15(2)6-7-20(28)26-19-12-17-4-3-5-18(25-21(29)8-9-22(30)31)23(17)27(24(19)32)13-16-10-11-33-14-16;1-8(2,3)14-7(13)11-9(4,5)6(10)12;4*1-2/h3-5,10-11,14-15,19H,6-9,12-13H2,1-2H3,(H,25,29)(H,26,28)(H,30,31);1-5H3,(H2,10,12)(H,11,13);4*1-2H3. The van der Waals surface area contributed by atoms with E-state index in [9.17, 15) is 28.8 Å². The molecule has 6 N–H and O–H groups in total. The first-order chi connectivity index (χ1) is 25.8. The van der Waals surface area contributed by atoms with Gasteiger partial charge >= 0.3 is 12.1 Å². The number of ether oxygens (including phenoxy) is 1. The molecule has 2 heterocycles. The number of primary amides is 1. The van der Waals surface area contributed by atoms with Crippen LogP contribution in [0.25, 0.3) is 0 Å². The molecular formula is C41H71N5O8S. The Kier molecular flexibility index (Phi) is 28.8. The molecule has 0 saturated carbocycles. The fourth-order valence-electron chi connectivity index (χ4n) is 4.36. The van der Waals surface area contributed by atoms with Gasteiger partial charge < -0.3 is 36.4 Å². The second-order valence-electron chi connectivity index (χ2n) is 13.2. The van der Waals surface area contributed by atoms with Gasteiger partial charge in [-0.25, -0.2) is 4.79 Å². The molecule has 3 rings (SSSR count). The highest BCUT2D eigenvalue weighted by atomic mass is 32.1. The first-order valence-electron chi connectivity index (χ1n) is 19.4. The smallest absolute Gasteiger partial charge is 0.408 e. The van der Waals surface area contributed by atoms with Crippen LogP contribution < -0.4 is 26.6 Å². The number of para-hydroxylation sites is 1. The Labute approximate surface area is 334 Å². The number of anilines is 2. The summed E-state index contributed by atoms with van der Waals surface area (Å²) in [6, 6.07) is 6.60. The average Bonchev–Trinajstić information content (AvgIpc) is 3.64. The number of benzene rings is 1. The number of carboxylic acid groups (broad SMARTS) is 1. The molecule has 13 nitrogen and oxygen atoms in total. The molecule has 2 aromatic rings. The summed E-state index contributed by atoms with van der Waals surface area (Å²) in [6.45, 7) is 28.6. The molecule has 1 unspecified atom stereocenters. The average molecular weight is 794 g/mol. The SMILES string of the molecule is CC.CC.CC.CC.CC(C)(C)OC(=O)NC(C)(C)C(N)=O.CC(C)CCC(=O)NC1Cc2cccc(NC(=O)CCC(=O)O)c2N(Cc2ccsc2)C1=O. The van der Waals surface area contributed by atoms with Crippen molar-refractivity contribution in [3.63, 3.8) is 0 Å². The zero-order valence-electron chi connectivity index (χ0n) is 36.1. The van der Waals surface area contributed by atoms with E-state index in [-0.39, 0.29) is 24.7 Å². The summed E-state index contributed by atoms with van der Waals surface area (Å²) >= 11 is 1.52. The van der Waals surface area contributed by atoms with Crippen LogP contribution in [0, 0.1) is 5.92 Å². The predicted molar refractivity (Wildman–Crippen MR) is 225 cm³/mol. The zero-order chi connectivity index (χ0) is 43.5. The molecule has 0 radical (unpaired) electrons. The Morgan fingerprint density at radius 3 is 1.96 bits per heavy atom. The van der Waals surface area contributed by atoms with Crippen LogP contribution in [-0.4, -0.2) is 58.0 Å². The molecule has 1 aromatic carbocycles. The van der Waals surface area contributed by atoms with Crippen molar-refractivity contribution in [1.29, 1.82) is 0 Å². The third kappa shape index (κ3) is 22.5. The van der Waals surface area contributed by atoms with Crippen molar-refractivity contribution >= 4 is 58.4 Å². The first-order valence-corrected chi connectivity index (χ1v) is 20.3. The van der Waals surface area contributed by atoms with Crippen LogP contribution in [0.3, 0.4) is 0 Å². The number of fused-ring (bicyclic) bond motifs is 1. The van der Waals surface area contributed by atoms with Crippen molar-refractivity contribution in [3.05, 3.63) is 46.2 Å². The lowest BCUT2D eigenvalue weighted by Gasteiger charge is -2.36. The number of hydrogen-bond donors (Lipinski definition) is 5. The van der Waals surface area contributed by atoms with Gasteiger partial charge in [0.2, 0.25) is 23.6 Å². The Hall–Kier alpha value is -4.46. The molecule has 314 valence electrons. The fourth-order valence-corrected chi connectivity index (χ4v) is 5.02. The molecular weight excluding hydrogens is 723 g/mol. The van der Waals surface area contributed by atoms with Crippen LogP contribution in [0.4, 0.5) is 16.2 Å². The van der Waals surface area contributed by atoms with Gasteiger partial charge in [-0.2, -0.15) is 11.3 Å². The molecule has 1 aliphatic heterocycles. The number of amides is 5. The van der Waals surface area contributed by atoms with Crippen LogP contribution in [0.2, 0.25) is 0 Å². The molecule has 0 fully saturated rings. The van der Waals surface area contributed by atoms with Crippen LogP contribution in [0.5, 0.6) is 0 Å². The summed E-state index contributed by atoms with van der Waals surface area (Å²) in [5.41, 5.74) is 6.21. The van der Waals surface area contributed by atoms with Gasteiger partial charge in [-0.1, -0.05) is 81.4 Å². The van der Waals surface area contributed by atoms with Gasteiger partial charge in [0.05, 0.1) is 24.3 Å². The molecule has 1 aromatic heterocycles. The quantitative estimate of drug-likeness (QED) is 0.141. The molecule has 0 spiro atoms. The lowest BCUT2D eigenvalue weighted by molar-refractivity contribution is -0.138. The van der Waals surface area contributed by atoms with Crippen molar-refractivity contribution in [2.75, 3.05) is 10.2 Å². The number of carbonyl (C=O) groups excluding carboxylic acids is 5. The van der Waals surface area contributed by atoms with E-state index in [1.165, 1.54) is 25.2 Å². The number of rotatable bonds is 12. The summed E-state index contributed by atoms with van der Waals surface area (Å²) < 4.78 is 4.97. The maximum Gasteiger partial charge on any atom is 0.408 e. The highest BCUT2D eigenvalue weighted by Gasteiger charge is 2.36. The predicted octanol–water partition coefficient (Wildman–Crippen LogP) is 8.44. The van der Waals surface area contributed by atoms with E-state index in [1.54, 1.807) is 37.8 Å². The van der Waals surface area contributed by atoms with Crippen LogP contribution in [0.1, 0.15) is 141 Å². The number of aliphatic carboxylic acids is 1. The van der Waals surface area contributed by atoms with Gasteiger partial charge in [0.1, 0.15) is 17.2 Å². The molecule has 1 aliphatic rings. The van der Waals surface area contributed by atoms with E-state index in [2.05, 4.69) is 16.0 Å². The van der Waals surface area contributed by atoms with Gasteiger partial charge in [0, 0.05) is 19.3 Å². The molecule has 1 atom stereocenters. The number of alkyl carbamates (subject to hydrolysis) is 1. The van der Waals surface area contributed by atoms with Crippen molar-refractivity contribution in [2.24, 2.45) is 11.7 Å². The largest absolute Gasteiger partial charge is 0.481 e. The molecule has 14 heteroatoms. The van der Waals surface area contributed by atoms with E-state index < -0.39 is 41.1 Å². The highest BCUT2D eigenvalue weighted by Crippen LogP contribution is 2.37. The van der Waals surface area contributed by atoms with Crippen molar-refractivity contribution in [3.8, 4) is 0 Å². The minimum atomic E-state index is -1.09. The summed E-state index contributed by atoms with van der Waals surface area (Å²) in [4.78, 5) is 72.7. The lowest BCUT2D eigenvalue weighted by atomic mass is 9.95. The second kappa shape index (κ2) is 28.9. The van der Waals surface area contributed by atoms with Crippen molar-refractivity contribution < 1.29 is 38.6 Å². The molecule has 5 amide bonds. The molecule has 0 bridgehead atoms. The van der Waals surface area contributed by atoms with E-state index in [0.29, 0.717) is 36.7 Å². The number of carboxylic acids is 1. The number of nitrogens with two attached hydrogens (primary N) is 1. The van der Waals surface area contributed by atoms with E-state index in [1.807, 2.05) is 92.1 Å². The Bertz CT molecular complexity index is 1440. The number of nitrogens with one attached hydrogen (secondary N) is 3. The van der Waals surface area contributed by atoms with Gasteiger partial charge in [-0.3, -0.25) is 24.0 Å². The van der Waals surface area contributed by atoms with Gasteiger partial charge in [-0.05, 0) is 81.0 Å². The Balaban J connectivity index is -0.00000103. The zero-order valence-corrected chi connectivity index (χ0v) is 36.9. The second-order valence-corrected chi connectivity index (χ2v) is 14.0. The highest BCUT2D eigenvalue weighted by molar-refractivity contribution is 7.07. The number of carbonyl (C=O) groups is 6. The van der Waals surface area contributed by atoms with E-state index >= 15 is 0 Å². The molecule has 55 heavy (non-hydrogen) atoms. The lowest BCUT2D eigenvalue weighted by Crippen LogP contribution is -2.54. The van der Waals surface area contributed by atoms with Gasteiger partial charge in [0.15, 0.2) is 0 Å². The summed E-state index contributed by atoms with van der Waals surface area (Å²) in [5, 5.41) is 20.7. The van der Waals surface area contributed by atoms with Gasteiger partial charge in [-0.15, -0.1) is 0 Å². The van der Waals surface area contributed by atoms with Crippen molar-refractivity contribution in [1.82, 2.24) is 10.6 Å². The minimum absolute atomic E-state index is 0.154. The Morgan fingerprint density at radius 1 is 0.909 bits per heavy atom. The number of thiophene rings is 1. The van der Waals surface area contributed by atoms with Crippen molar-refractivity contribution in [2.45, 2.75) is 160 Å². The number of nitrogens with zero attached hydrogens (tertiary/aromatic N) is 1. The number of hydrogen-bond acceptors (Lipinski definition) is 8. The first kappa shape index (κ1) is 54.9. The molecule has 0 aliphatic carbocycles. The normalized spacial score (nSPS) is 12.7. The molecule has 0 saturated heterocycles. The summed E-state index contributed by atoms with van der Waals surface area (Å²) in [7, 11) is 0. The monoisotopic (exact) mass is 794 g/mol. The topological polar surface area (TPSA) is 197 Å². The van der Waals surface area contributed by atoms with Crippen LogP contribution >= 0.6 is 11.3 Å². The van der Waals surface area contributed by atoms with E-state index in [0.717, 1.165) is 17.5 Å². The summed E-state index contributed by atoms with van der Waals surface area (Å²) in [6.07, 6.45) is 0.337. The van der Waals surface area contributed by atoms with E-state index in [4.69, 9.17) is 15.6 Å². The third-order valence-electron chi connectivity index (χ3n) is 6.85. The third-order valence-corrected chi connectivity index (χ3v) is 7.58. The minimum Gasteiger partial charge on any atom is -0.481 e. The maximum absolute atomic E-state index is 13.5. The van der Waals surface area contributed by atoms with Crippen LogP contribution in [0.15, 0.2) is 35.0 Å². The van der Waals surface area contributed by atoms with Gasteiger partial charge in [0.25, 0.3) is 0 Å². The maximum atomic E-state index is 13.5. The summed E-state index contributed by atoms with van der Waals surface area (Å²) in [5.74, 6) is -2.09. The van der Waals surface area contributed by atoms with Crippen LogP contribution in [-0.2, 0) is 41.7 Å².